The van der Waals surface area contributed by atoms with Crippen LogP contribution < -0.4 is 5.32 Å². The lowest BCUT2D eigenvalue weighted by Gasteiger charge is -2.23. The van der Waals surface area contributed by atoms with E-state index in [0.717, 1.165) is 17.9 Å². The molecule has 1 N–H and O–H groups in total. The summed E-state index contributed by atoms with van der Waals surface area (Å²) in [6, 6.07) is 3.79. The van der Waals surface area contributed by atoms with Crippen molar-refractivity contribution in [2.45, 2.75) is 27.4 Å². The molecule has 0 bridgehead atoms. The molecule has 0 aliphatic carbocycles. The molecule has 1 aromatic heterocycles. The zero-order valence-electron chi connectivity index (χ0n) is 11.7. The average Bonchev–Trinajstić information content (AvgIpc) is 2.91. The van der Waals surface area contributed by atoms with E-state index in [4.69, 9.17) is 74.0 Å². The van der Waals surface area contributed by atoms with Crippen molar-refractivity contribution in [3.63, 3.8) is 0 Å². The van der Waals surface area contributed by atoms with E-state index in [1.807, 2.05) is 19.1 Å². The van der Waals surface area contributed by atoms with Crippen LogP contribution in [-0.2, 0) is 12.8 Å². The molecule has 0 aromatic carbocycles. The van der Waals surface area contributed by atoms with E-state index >= 15 is 0 Å². The number of hydrogen-bond acceptors (Lipinski definition) is 4. The number of allylic oxidation sites excluding steroid dienone is 1. The van der Waals surface area contributed by atoms with Crippen molar-refractivity contribution in [2.75, 3.05) is 0 Å². The third-order valence-corrected chi connectivity index (χ3v) is 3.82. The molecule has 0 saturated heterocycles. The van der Waals surface area contributed by atoms with E-state index in [0.29, 0.717) is 12.2 Å². The Bertz CT molecular complexity index is 666. The van der Waals surface area contributed by atoms with Gasteiger partial charge in [0.05, 0.1) is 0 Å². The van der Waals surface area contributed by atoms with Gasteiger partial charge in [-0.1, -0.05) is 76.5 Å². The standard InChI is InChI=1S/C13H11Cl6N3O/c1-2-7-3-4-8(23-7)5-6-9-20-10(12(14,15)16)22-11(21-9)13(17,18)19/h3-4,6H,2,5H2,1H3,(H,20,21,22). The first-order valence-electron chi connectivity index (χ1n) is 6.46. The summed E-state index contributed by atoms with van der Waals surface area (Å²) in [7, 11) is 0. The molecule has 0 spiro atoms. The molecule has 0 saturated carbocycles. The summed E-state index contributed by atoms with van der Waals surface area (Å²) in [6.45, 7) is 2.01. The molecule has 2 rings (SSSR count). The average molecular weight is 438 g/mol. The molecule has 4 nitrogen and oxygen atoms in total. The minimum Gasteiger partial charge on any atom is -0.466 e. The summed E-state index contributed by atoms with van der Waals surface area (Å²) in [5, 5.41) is 2.80. The topological polar surface area (TPSA) is 49.9 Å². The minimum absolute atomic E-state index is 0.00114. The number of amidine groups is 2. The SMILES string of the molecule is CCc1ccc(CC=C2N=C(C(Cl)(Cl)Cl)N=C(C(Cl)(Cl)Cl)N2)o1. The fourth-order valence-electron chi connectivity index (χ4n) is 1.70. The van der Waals surface area contributed by atoms with Gasteiger partial charge in [0.15, 0.2) is 11.7 Å². The van der Waals surface area contributed by atoms with Crippen molar-refractivity contribution in [3.05, 3.63) is 35.6 Å². The van der Waals surface area contributed by atoms with E-state index in [1.54, 1.807) is 6.08 Å². The second-order valence-corrected chi connectivity index (χ2v) is 9.09. The van der Waals surface area contributed by atoms with Gasteiger partial charge in [0.1, 0.15) is 17.3 Å². The van der Waals surface area contributed by atoms with Crippen LogP contribution in [0.15, 0.2) is 38.4 Å². The number of halogens is 6. The lowest BCUT2D eigenvalue weighted by molar-refractivity contribution is 0.479. The Hall–Kier alpha value is -0.1000. The summed E-state index contributed by atoms with van der Waals surface area (Å²) >= 11 is 35.0. The summed E-state index contributed by atoms with van der Waals surface area (Å²) in [5.74, 6) is 1.90. The number of furan rings is 1. The highest BCUT2D eigenvalue weighted by Crippen LogP contribution is 2.34. The van der Waals surface area contributed by atoms with E-state index in [9.17, 15) is 0 Å². The summed E-state index contributed by atoms with van der Waals surface area (Å²) in [4.78, 5) is 8.07. The van der Waals surface area contributed by atoms with E-state index < -0.39 is 7.59 Å². The van der Waals surface area contributed by atoms with Crippen molar-refractivity contribution in [2.24, 2.45) is 9.98 Å². The Kier molecular flexibility index (Phi) is 6.21. The number of alkyl halides is 6. The molecule has 1 aromatic rings. The Labute approximate surface area is 163 Å². The van der Waals surface area contributed by atoms with Gasteiger partial charge in [-0.25, -0.2) is 9.98 Å². The van der Waals surface area contributed by atoms with Crippen LogP contribution in [-0.4, -0.2) is 19.3 Å². The first-order chi connectivity index (χ1) is 10.6. The normalized spacial score (nSPS) is 17.8. The molecule has 0 radical (unpaired) electrons. The number of aliphatic imine (C=N–C) groups is 2. The molecule has 1 aliphatic rings. The van der Waals surface area contributed by atoms with Gasteiger partial charge in [-0.05, 0) is 18.2 Å². The summed E-state index contributed by atoms with van der Waals surface area (Å²) < 4.78 is 1.95. The summed E-state index contributed by atoms with van der Waals surface area (Å²) in [5.41, 5.74) is 0. The molecule has 0 amide bonds. The van der Waals surface area contributed by atoms with Crippen LogP contribution in [0, 0.1) is 0 Å². The van der Waals surface area contributed by atoms with Crippen LogP contribution in [0.1, 0.15) is 18.4 Å². The molecular formula is C13H11Cl6N3O. The Balaban J connectivity index is 2.26. The lowest BCUT2D eigenvalue weighted by atomic mass is 10.3. The van der Waals surface area contributed by atoms with Gasteiger partial charge >= 0.3 is 0 Å². The van der Waals surface area contributed by atoms with Crippen molar-refractivity contribution >= 4 is 81.3 Å². The van der Waals surface area contributed by atoms with Crippen LogP contribution in [0.4, 0.5) is 0 Å². The third-order valence-electron chi connectivity index (χ3n) is 2.77. The van der Waals surface area contributed by atoms with Crippen LogP contribution in [0.25, 0.3) is 0 Å². The highest BCUT2D eigenvalue weighted by atomic mass is 35.6. The lowest BCUT2D eigenvalue weighted by Crippen LogP contribution is -2.39. The number of rotatable bonds is 3. The van der Waals surface area contributed by atoms with Crippen LogP contribution in [0.3, 0.4) is 0 Å². The number of aryl methyl sites for hydroxylation is 1. The largest absolute Gasteiger partial charge is 0.466 e. The third kappa shape index (κ3) is 5.45. The quantitative estimate of drug-likeness (QED) is 0.646. The predicted octanol–water partition coefficient (Wildman–Crippen LogP) is 5.37. The van der Waals surface area contributed by atoms with Gasteiger partial charge < -0.3 is 9.73 Å². The van der Waals surface area contributed by atoms with E-state index in [-0.39, 0.29) is 11.7 Å². The zero-order chi connectivity index (χ0) is 17.3. The maximum absolute atomic E-state index is 5.84. The highest BCUT2D eigenvalue weighted by molar-refractivity contribution is 6.79. The fraction of sp³-hybridized carbons (Fsp3) is 0.385. The Morgan fingerprint density at radius 3 is 2.22 bits per heavy atom. The van der Waals surface area contributed by atoms with Crippen molar-refractivity contribution in [1.82, 2.24) is 5.32 Å². The first kappa shape index (κ1) is 19.2. The number of hydrogen-bond donors (Lipinski definition) is 1. The van der Waals surface area contributed by atoms with Gasteiger partial charge in [-0.15, -0.1) is 0 Å². The minimum atomic E-state index is -1.84. The van der Waals surface area contributed by atoms with Gasteiger partial charge in [0.2, 0.25) is 7.59 Å². The second-order valence-electron chi connectivity index (χ2n) is 4.53. The zero-order valence-corrected chi connectivity index (χ0v) is 16.3. The molecule has 0 unspecified atom stereocenters. The van der Waals surface area contributed by atoms with Crippen LogP contribution in [0.5, 0.6) is 0 Å². The fourth-order valence-corrected chi connectivity index (χ4v) is 2.22. The van der Waals surface area contributed by atoms with Gasteiger partial charge in [-0.2, -0.15) is 0 Å². The van der Waals surface area contributed by atoms with Gasteiger partial charge in [0.25, 0.3) is 0 Å². The molecule has 0 atom stereocenters. The number of nitrogens with zero attached hydrogens (tertiary/aromatic N) is 2. The van der Waals surface area contributed by atoms with E-state index in [2.05, 4.69) is 15.3 Å². The highest BCUT2D eigenvalue weighted by Gasteiger charge is 2.36. The molecule has 126 valence electrons. The first-order valence-corrected chi connectivity index (χ1v) is 8.73. The smallest absolute Gasteiger partial charge is 0.250 e. The van der Waals surface area contributed by atoms with Gasteiger partial charge in [0, 0.05) is 12.8 Å². The number of nitrogens with one attached hydrogen (secondary N) is 1. The van der Waals surface area contributed by atoms with Crippen molar-refractivity contribution in [1.29, 1.82) is 0 Å². The second kappa shape index (κ2) is 7.42. The Morgan fingerprint density at radius 1 is 1.04 bits per heavy atom. The molecule has 23 heavy (non-hydrogen) atoms. The van der Waals surface area contributed by atoms with Crippen LogP contribution in [0.2, 0.25) is 0 Å². The monoisotopic (exact) mass is 435 g/mol. The molecule has 1 aliphatic heterocycles. The Morgan fingerprint density at radius 2 is 1.70 bits per heavy atom. The predicted molar refractivity (Wildman–Crippen MR) is 98.5 cm³/mol. The van der Waals surface area contributed by atoms with E-state index in [1.165, 1.54) is 0 Å². The molecule has 2 heterocycles. The maximum atomic E-state index is 5.84. The molecule has 10 heteroatoms. The maximum Gasteiger partial charge on any atom is 0.250 e. The van der Waals surface area contributed by atoms with Gasteiger partial charge in [-0.3, -0.25) is 0 Å². The summed E-state index contributed by atoms with van der Waals surface area (Å²) in [6.07, 6.45) is 3.00. The van der Waals surface area contributed by atoms with Crippen LogP contribution >= 0.6 is 69.6 Å². The molecule has 0 fully saturated rings. The molecular weight excluding hydrogens is 427 g/mol. The van der Waals surface area contributed by atoms with Crippen molar-refractivity contribution < 1.29 is 4.42 Å². The van der Waals surface area contributed by atoms with Crippen molar-refractivity contribution in [3.8, 4) is 0 Å².